The molecule has 3 rings (SSSR count). The predicted molar refractivity (Wildman–Crippen MR) is 97.6 cm³/mol. The van der Waals surface area contributed by atoms with Gasteiger partial charge in [-0.3, -0.25) is 4.79 Å². The van der Waals surface area contributed by atoms with Gasteiger partial charge in [-0.05, 0) is 40.3 Å². The highest BCUT2D eigenvalue weighted by atomic mass is 79.9. The van der Waals surface area contributed by atoms with Crippen molar-refractivity contribution in [2.24, 2.45) is 0 Å². The van der Waals surface area contributed by atoms with Crippen LogP contribution in [0.2, 0.25) is 0 Å². The van der Waals surface area contributed by atoms with Gasteiger partial charge in [0.05, 0.1) is 25.5 Å². The lowest BCUT2D eigenvalue weighted by Gasteiger charge is -2.13. The predicted octanol–water partition coefficient (Wildman–Crippen LogP) is 2.37. The van der Waals surface area contributed by atoms with E-state index in [-0.39, 0.29) is 5.91 Å². The smallest absolute Gasteiger partial charge is 0.253 e. The van der Waals surface area contributed by atoms with Crippen molar-refractivity contribution in [3.8, 4) is 17.2 Å². The molecule has 1 amide bonds. The van der Waals surface area contributed by atoms with Crippen LogP contribution < -0.4 is 14.8 Å². The van der Waals surface area contributed by atoms with Crippen molar-refractivity contribution in [3.05, 3.63) is 58.3 Å². The van der Waals surface area contributed by atoms with Gasteiger partial charge in [-0.25, -0.2) is 0 Å². The summed E-state index contributed by atoms with van der Waals surface area (Å²) >= 11 is 3.49. The topological polar surface area (TPSA) is 91.2 Å². The molecule has 8 nitrogen and oxygen atoms in total. The van der Waals surface area contributed by atoms with E-state index in [9.17, 15) is 4.79 Å². The fourth-order valence-corrected chi connectivity index (χ4v) is 2.90. The second kappa shape index (κ2) is 7.96. The minimum atomic E-state index is -0.238. The van der Waals surface area contributed by atoms with Gasteiger partial charge in [-0.2, -0.15) is 4.68 Å². The second-order valence-corrected chi connectivity index (χ2v) is 6.11. The number of aromatic nitrogens is 4. The largest absolute Gasteiger partial charge is 0.493 e. The fourth-order valence-electron chi connectivity index (χ4n) is 2.44. The maximum absolute atomic E-state index is 12.7. The van der Waals surface area contributed by atoms with Gasteiger partial charge in [-0.1, -0.05) is 28.1 Å². The standard InChI is InChI=1S/C17H16BrN5O3/c1-25-15-7-11(13(18)8-16(15)26-2)9-19-17(24)12-5-3-4-6-14(12)23-10-20-21-22-23/h3-8,10H,9H2,1-2H3,(H,19,24). The first-order valence-electron chi connectivity index (χ1n) is 7.65. The van der Waals surface area contributed by atoms with E-state index in [0.29, 0.717) is 29.3 Å². The molecule has 0 atom stereocenters. The molecule has 1 aromatic heterocycles. The van der Waals surface area contributed by atoms with Crippen molar-refractivity contribution in [1.29, 1.82) is 0 Å². The molecule has 3 aromatic rings. The summed E-state index contributed by atoms with van der Waals surface area (Å²) in [5.74, 6) is 0.963. The van der Waals surface area contributed by atoms with Crippen LogP contribution in [-0.4, -0.2) is 40.3 Å². The molecule has 0 aliphatic heterocycles. The third-order valence-corrected chi connectivity index (χ3v) is 4.47. The van der Waals surface area contributed by atoms with Crippen LogP contribution in [0.25, 0.3) is 5.69 Å². The molecule has 0 unspecified atom stereocenters. The van der Waals surface area contributed by atoms with Crippen LogP contribution >= 0.6 is 15.9 Å². The Kier molecular flexibility index (Phi) is 5.47. The maximum Gasteiger partial charge on any atom is 0.253 e. The number of nitrogens with one attached hydrogen (secondary N) is 1. The van der Waals surface area contributed by atoms with Crippen LogP contribution in [0.5, 0.6) is 11.5 Å². The van der Waals surface area contributed by atoms with Crippen molar-refractivity contribution in [2.45, 2.75) is 6.54 Å². The number of nitrogens with zero attached hydrogens (tertiary/aromatic N) is 4. The van der Waals surface area contributed by atoms with E-state index >= 15 is 0 Å². The minimum absolute atomic E-state index is 0.238. The summed E-state index contributed by atoms with van der Waals surface area (Å²) in [5, 5.41) is 14.0. The molecule has 26 heavy (non-hydrogen) atoms. The Morgan fingerprint density at radius 2 is 1.92 bits per heavy atom. The molecule has 0 bridgehead atoms. The Morgan fingerprint density at radius 1 is 1.19 bits per heavy atom. The van der Waals surface area contributed by atoms with Gasteiger partial charge in [0.2, 0.25) is 0 Å². The number of carbonyl (C=O) groups excluding carboxylic acids is 1. The fraction of sp³-hybridized carbons (Fsp3) is 0.176. The molecule has 0 radical (unpaired) electrons. The Morgan fingerprint density at radius 3 is 2.62 bits per heavy atom. The maximum atomic E-state index is 12.7. The molecule has 9 heteroatoms. The van der Waals surface area contributed by atoms with Gasteiger partial charge < -0.3 is 14.8 Å². The number of rotatable bonds is 6. The molecule has 1 N–H and O–H groups in total. The second-order valence-electron chi connectivity index (χ2n) is 5.25. The molecule has 2 aromatic carbocycles. The van der Waals surface area contributed by atoms with Crippen LogP contribution in [0, 0.1) is 0 Å². The van der Waals surface area contributed by atoms with Crippen molar-refractivity contribution < 1.29 is 14.3 Å². The summed E-state index contributed by atoms with van der Waals surface area (Å²) in [7, 11) is 3.14. The number of methoxy groups -OCH3 is 2. The van der Waals surface area contributed by atoms with Crippen molar-refractivity contribution in [2.75, 3.05) is 14.2 Å². The van der Waals surface area contributed by atoms with Gasteiger partial charge in [0.25, 0.3) is 5.91 Å². The van der Waals surface area contributed by atoms with Gasteiger partial charge in [0.15, 0.2) is 11.5 Å². The Balaban J connectivity index is 1.80. The SMILES string of the molecule is COc1cc(Br)c(CNC(=O)c2ccccc2-n2cnnn2)cc1OC. The number of carbonyl (C=O) groups is 1. The highest BCUT2D eigenvalue weighted by Gasteiger charge is 2.15. The Bertz CT molecular complexity index is 915. The molecule has 0 saturated carbocycles. The van der Waals surface area contributed by atoms with E-state index in [1.165, 1.54) is 11.0 Å². The summed E-state index contributed by atoms with van der Waals surface area (Å²) in [5.41, 5.74) is 1.92. The monoisotopic (exact) mass is 417 g/mol. The number of hydrogen-bond acceptors (Lipinski definition) is 6. The van der Waals surface area contributed by atoms with Gasteiger partial charge >= 0.3 is 0 Å². The molecule has 1 heterocycles. The Hall–Kier alpha value is -2.94. The summed E-state index contributed by atoms with van der Waals surface area (Å²) in [4.78, 5) is 12.7. The van der Waals surface area contributed by atoms with Crippen LogP contribution in [0.1, 0.15) is 15.9 Å². The number of amides is 1. The van der Waals surface area contributed by atoms with E-state index in [2.05, 4.69) is 36.8 Å². The van der Waals surface area contributed by atoms with E-state index in [4.69, 9.17) is 9.47 Å². The van der Waals surface area contributed by atoms with Crippen LogP contribution in [-0.2, 0) is 6.54 Å². The number of para-hydroxylation sites is 1. The van der Waals surface area contributed by atoms with Crippen molar-refractivity contribution in [3.63, 3.8) is 0 Å². The molecule has 0 spiro atoms. The summed E-state index contributed by atoms with van der Waals surface area (Å²) in [6.07, 6.45) is 1.44. The highest BCUT2D eigenvalue weighted by Crippen LogP contribution is 2.33. The minimum Gasteiger partial charge on any atom is -0.493 e. The molecular formula is C17H16BrN5O3. The number of halogens is 1. The molecule has 0 aliphatic rings. The average Bonchev–Trinajstić information content (AvgIpc) is 3.21. The van der Waals surface area contributed by atoms with Gasteiger partial charge in [0, 0.05) is 11.0 Å². The molecular weight excluding hydrogens is 402 g/mol. The first-order chi connectivity index (χ1) is 12.6. The summed E-state index contributed by atoms with van der Waals surface area (Å²) in [6.45, 7) is 0.309. The summed E-state index contributed by atoms with van der Waals surface area (Å²) < 4.78 is 12.8. The van der Waals surface area contributed by atoms with Gasteiger partial charge in [-0.15, -0.1) is 5.10 Å². The molecule has 0 aliphatic carbocycles. The zero-order valence-electron chi connectivity index (χ0n) is 14.1. The number of tetrazole rings is 1. The lowest BCUT2D eigenvalue weighted by Crippen LogP contribution is -2.24. The molecule has 0 saturated heterocycles. The zero-order valence-corrected chi connectivity index (χ0v) is 15.7. The van der Waals surface area contributed by atoms with E-state index in [1.54, 1.807) is 38.5 Å². The Labute approximate surface area is 158 Å². The number of benzene rings is 2. The molecule has 0 fully saturated rings. The summed E-state index contributed by atoms with van der Waals surface area (Å²) in [6, 6.07) is 10.7. The first kappa shape index (κ1) is 17.9. The lowest BCUT2D eigenvalue weighted by molar-refractivity contribution is 0.0950. The van der Waals surface area contributed by atoms with Crippen molar-refractivity contribution >= 4 is 21.8 Å². The van der Waals surface area contributed by atoms with Crippen LogP contribution in [0.3, 0.4) is 0 Å². The van der Waals surface area contributed by atoms with E-state index < -0.39 is 0 Å². The first-order valence-corrected chi connectivity index (χ1v) is 8.44. The number of hydrogen-bond donors (Lipinski definition) is 1. The lowest BCUT2D eigenvalue weighted by atomic mass is 10.1. The third-order valence-electron chi connectivity index (χ3n) is 3.74. The van der Waals surface area contributed by atoms with E-state index in [1.807, 2.05) is 12.1 Å². The van der Waals surface area contributed by atoms with Gasteiger partial charge in [0.1, 0.15) is 6.33 Å². The van der Waals surface area contributed by atoms with E-state index in [0.717, 1.165) is 10.0 Å². The number of ether oxygens (including phenoxy) is 2. The van der Waals surface area contributed by atoms with Crippen molar-refractivity contribution in [1.82, 2.24) is 25.5 Å². The van der Waals surface area contributed by atoms with Crippen LogP contribution in [0.15, 0.2) is 47.2 Å². The highest BCUT2D eigenvalue weighted by molar-refractivity contribution is 9.10. The normalized spacial score (nSPS) is 10.4. The third kappa shape index (κ3) is 3.67. The quantitative estimate of drug-likeness (QED) is 0.661. The molecule has 134 valence electrons. The average molecular weight is 418 g/mol. The zero-order chi connectivity index (χ0) is 18.5. The van der Waals surface area contributed by atoms with Crippen LogP contribution in [0.4, 0.5) is 0 Å².